The number of rotatable bonds is 4. The van der Waals surface area contributed by atoms with Crippen LogP contribution >= 0.6 is 24.8 Å². The van der Waals surface area contributed by atoms with Crippen LogP contribution in [0, 0.1) is 11.3 Å². The molecule has 3 heteroatoms. The second kappa shape index (κ2) is 6.06. The second-order valence-electron chi connectivity index (χ2n) is 1.76. The molecule has 0 amide bonds. The molecule has 0 rings (SSSR count). The number of hydrogen-bond donors (Lipinski definition) is 1. The van der Waals surface area contributed by atoms with Gasteiger partial charge in [-0.2, -0.15) is 5.26 Å². The molecule has 0 aromatic heterocycles. The van der Waals surface area contributed by atoms with Crippen molar-refractivity contribution in [2.24, 2.45) is 0 Å². The first kappa shape index (κ1) is 8.93. The zero-order chi connectivity index (χ0) is 7.11. The smallest absolute Gasteiger partial charge is 0.0621 e. The molecule has 0 saturated carbocycles. The van der Waals surface area contributed by atoms with E-state index in [9.17, 15) is 0 Å². The Morgan fingerprint density at radius 1 is 1.56 bits per heavy atom. The van der Waals surface area contributed by atoms with Crippen molar-refractivity contribution in [2.45, 2.75) is 25.7 Å². The van der Waals surface area contributed by atoms with Gasteiger partial charge in [0, 0.05) is 10.6 Å². The average Bonchev–Trinajstić information content (AvgIpc) is 1.80. The minimum Gasteiger partial charge on any atom is -0.198 e. The summed E-state index contributed by atoms with van der Waals surface area (Å²) in [5.74, 6) is 0. The maximum atomic E-state index is 8.13. The molecule has 0 atom stereocenters. The number of thiol groups is 1. The van der Waals surface area contributed by atoms with Gasteiger partial charge in [0.1, 0.15) is 0 Å². The lowest BCUT2D eigenvalue weighted by molar-refractivity contribution is 0.791. The Morgan fingerprint density at radius 2 is 2.22 bits per heavy atom. The van der Waals surface area contributed by atoms with Crippen molar-refractivity contribution in [3.8, 4) is 6.07 Å². The van der Waals surface area contributed by atoms with E-state index in [1.165, 1.54) is 0 Å². The number of nitrogens with zero attached hydrogens (tertiary/aromatic N) is 1. The van der Waals surface area contributed by atoms with Gasteiger partial charge in [0.25, 0.3) is 0 Å². The fraction of sp³-hybridized carbons (Fsp3) is 0.667. The lowest BCUT2D eigenvalue weighted by atomic mass is 10.2. The Bertz CT molecular complexity index is 126. The van der Waals surface area contributed by atoms with Crippen molar-refractivity contribution >= 4 is 29.0 Å². The molecule has 50 valence electrons. The third kappa shape index (κ3) is 7.93. The van der Waals surface area contributed by atoms with Crippen LogP contribution in [0.2, 0.25) is 0 Å². The Kier molecular flexibility index (Phi) is 6.01. The first-order valence-electron chi connectivity index (χ1n) is 2.86. The van der Waals surface area contributed by atoms with Gasteiger partial charge in [-0.3, -0.25) is 0 Å². The molecule has 0 heterocycles. The number of nitriles is 1. The molecular weight excluding hydrogens is 150 g/mol. The fourth-order valence-corrected chi connectivity index (χ4v) is 0.783. The molecule has 0 saturated heterocycles. The predicted octanol–water partition coefficient (Wildman–Crippen LogP) is 2.33. The highest BCUT2D eigenvalue weighted by atomic mass is 32.1. The minimum atomic E-state index is 0.635. The van der Waals surface area contributed by atoms with Crippen molar-refractivity contribution in [3.05, 3.63) is 0 Å². The van der Waals surface area contributed by atoms with Gasteiger partial charge in [0.15, 0.2) is 0 Å². The van der Waals surface area contributed by atoms with Crippen LogP contribution in [0.4, 0.5) is 0 Å². The zero-order valence-corrected chi connectivity index (χ0v) is 6.84. The maximum absolute atomic E-state index is 8.13. The molecule has 1 nitrogen and oxygen atoms in total. The summed E-state index contributed by atoms with van der Waals surface area (Å²) in [6, 6.07) is 2.07. The van der Waals surface area contributed by atoms with Crippen LogP contribution in [0.15, 0.2) is 0 Å². The number of hydrogen-bond acceptors (Lipinski definition) is 2. The normalized spacial score (nSPS) is 8.44. The van der Waals surface area contributed by atoms with Crippen molar-refractivity contribution in [1.82, 2.24) is 0 Å². The van der Waals surface area contributed by atoms with Crippen molar-refractivity contribution in [1.29, 1.82) is 5.26 Å². The van der Waals surface area contributed by atoms with Gasteiger partial charge in [-0.15, -0.1) is 12.6 Å². The van der Waals surface area contributed by atoms with E-state index in [1.807, 2.05) is 0 Å². The highest BCUT2D eigenvalue weighted by molar-refractivity contribution is 8.11. The first-order chi connectivity index (χ1) is 4.27. The van der Waals surface area contributed by atoms with Crippen molar-refractivity contribution in [2.75, 3.05) is 0 Å². The van der Waals surface area contributed by atoms with E-state index in [0.29, 0.717) is 6.42 Å². The summed E-state index contributed by atoms with van der Waals surface area (Å²) in [6.07, 6.45) is 3.43. The summed E-state index contributed by atoms with van der Waals surface area (Å²) in [7, 11) is 0. The molecule has 0 aliphatic heterocycles. The van der Waals surface area contributed by atoms with Crippen LogP contribution in [0.25, 0.3) is 0 Å². The summed E-state index contributed by atoms with van der Waals surface area (Å²) >= 11 is 8.68. The zero-order valence-electron chi connectivity index (χ0n) is 5.13. The van der Waals surface area contributed by atoms with E-state index in [0.717, 1.165) is 23.5 Å². The quantitative estimate of drug-likeness (QED) is 0.386. The summed E-state index contributed by atoms with van der Waals surface area (Å²) in [5, 5.41) is 8.13. The van der Waals surface area contributed by atoms with E-state index < -0.39 is 0 Å². The predicted molar refractivity (Wildman–Crippen MR) is 45.7 cm³/mol. The molecule has 0 radical (unpaired) electrons. The van der Waals surface area contributed by atoms with Gasteiger partial charge in [-0.1, -0.05) is 12.2 Å². The van der Waals surface area contributed by atoms with Gasteiger partial charge >= 0.3 is 0 Å². The monoisotopic (exact) mass is 159 g/mol. The molecule has 0 unspecified atom stereocenters. The van der Waals surface area contributed by atoms with Gasteiger partial charge in [-0.25, -0.2) is 0 Å². The van der Waals surface area contributed by atoms with Crippen LogP contribution in [-0.4, -0.2) is 4.20 Å². The van der Waals surface area contributed by atoms with Crippen molar-refractivity contribution in [3.63, 3.8) is 0 Å². The lowest BCUT2D eigenvalue weighted by Gasteiger charge is -1.91. The maximum Gasteiger partial charge on any atom is 0.0621 e. The number of unbranched alkanes of at least 4 members (excludes halogenated alkanes) is 2. The Morgan fingerprint density at radius 3 is 2.67 bits per heavy atom. The molecule has 0 aromatic carbocycles. The molecule has 0 N–H and O–H groups in total. The van der Waals surface area contributed by atoms with Gasteiger partial charge < -0.3 is 0 Å². The first-order valence-corrected chi connectivity index (χ1v) is 3.71. The summed E-state index contributed by atoms with van der Waals surface area (Å²) in [4.78, 5) is 0. The fourth-order valence-electron chi connectivity index (χ4n) is 0.480. The van der Waals surface area contributed by atoms with Crippen LogP contribution < -0.4 is 0 Å². The third-order valence-corrected chi connectivity index (χ3v) is 1.36. The summed E-state index contributed by atoms with van der Waals surface area (Å²) in [5.41, 5.74) is 0. The van der Waals surface area contributed by atoms with E-state index in [1.54, 1.807) is 0 Å². The largest absolute Gasteiger partial charge is 0.198 e. The molecule has 0 aliphatic carbocycles. The second-order valence-corrected chi connectivity index (χ2v) is 3.09. The summed E-state index contributed by atoms with van der Waals surface area (Å²) < 4.78 is 0.743. The van der Waals surface area contributed by atoms with Gasteiger partial charge in [0.2, 0.25) is 0 Å². The average molecular weight is 159 g/mol. The van der Waals surface area contributed by atoms with E-state index in [2.05, 4.69) is 18.7 Å². The molecular formula is C6H9NS2. The third-order valence-electron chi connectivity index (χ3n) is 0.929. The van der Waals surface area contributed by atoms with Crippen LogP contribution in [0.1, 0.15) is 25.7 Å². The molecule has 0 fully saturated rings. The topological polar surface area (TPSA) is 23.8 Å². The number of thiocarbonyl (C=S) groups is 1. The SMILES string of the molecule is N#CCCCCC(=S)S. The lowest BCUT2D eigenvalue weighted by Crippen LogP contribution is -1.81. The van der Waals surface area contributed by atoms with E-state index in [4.69, 9.17) is 17.5 Å². The standard InChI is InChI=1S/C6H9NS2/c7-5-3-1-2-4-6(8)9/h1-4H2,(H,8,9). The van der Waals surface area contributed by atoms with Gasteiger partial charge in [-0.05, 0) is 19.3 Å². The van der Waals surface area contributed by atoms with Gasteiger partial charge in [0.05, 0.1) is 6.07 Å². The van der Waals surface area contributed by atoms with E-state index >= 15 is 0 Å². The van der Waals surface area contributed by atoms with Crippen LogP contribution in [0.5, 0.6) is 0 Å². The molecule has 9 heavy (non-hydrogen) atoms. The minimum absolute atomic E-state index is 0.635. The Hall–Kier alpha value is -0.0700. The molecule has 0 aliphatic rings. The highest BCUT2D eigenvalue weighted by Crippen LogP contribution is 2.02. The highest BCUT2D eigenvalue weighted by Gasteiger charge is 1.88. The van der Waals surface area contributed by atoms with Crippen LogP contribution in [-0.2, 0) is 0 Å². The van der Waals surface area contributed by atoms with E-state index in [-0.39, 0.29) is 0 Å². The molecule has 0 aromatic rings. The van der Waals surface area contributed by atoms with Crippen LogP contribution in [0.3, 0.4) is 0 Å². The Balaban J connectivity index is 2.94. The summed E-state index contributed by atoms with van der Waals surface area (Å²) in [6.45, 7) is 0. The Labute approximate surface area is 66.5 Å². The molecule has 0 bridgehead atoms. The van der Waals surface area contributed by atoms with Crippen molar-refractivity contribution < 1.29 is 0 Å². The molecule has 0 spiro atoms.